The van der Waals surface area contributed by atoms with E-state index in [2.05, 4.69) is 24.2 Å². The molecule has 0 aromatic carbocycles. The zero-order chi connectivity index (χ0) is 9.84. The molecule has 0 radical (unpaired) electrons. The fourth-order valence-corrected chi connectivity index (χ4v) is 1.36. The molecule has 0 spiro atoms. The Bertz CT molecular complexity index is 326. The predicted molar refractivity (Wildman–Crippen MR) is 55.2 cm³/mol. The number of nitrogens with zero attached hydrogens (tertiary/aromatic N) is 1. The second-order valence-electron chi connectivity index (χ2n) is 2.41. The van der Waals surface area contributed by atoms with E-state index in [1.54, 1.807) is 12.3 Å². The summed E-state index contributed by atoms with van der Waals surface area (Å²) in [7, 11) is 1.46. The molecule has 3 nitrogen and oxygen atoms in total. The number of pyridine rings is 1. The molecule has 0 atom stereocenters. The molecule has 1 N–H and O–H groups in total. The molecule has 0 saturated heterocycles. The summed E-state index contributed by atoms with van der Waals surface area (Å²) in [4.78, 5) is 3.90. The summed E-state index contributed by atoms with van der Waals surface area (Å²) in [5, 5.41) is 9.62. The summed E-state index contributed by atoms with van der Waals surface area (Å²) in [5.74, 6) is 0.677. The molecule has 0 amide bonds. The first-order chi connectivity index (χ1) is 6.24. The Morgan fingerprint density at radius 3 is 2.92 bits per heavy atom. The highest BCUT2D eigenvalue weighted by Crippen LogP contribution is 2.31. The standard InChI is InChI=1S/C9H11NO2S/c1-3-6-4-10-9(12-2)8(11)7(6)5-13/h3-4,11,13H,1,5H2,2H3. The molecule has 0 bridgehead atoms. The summed E-state index contributed by atoms with van der Waals surface area (Å²) in [5.41, 5.74) is 1.46. The summed E-state index contributed by atoms with van der Waals surface area (Å²) in [6.45, 7) is 3.61. The quantitative estimate of drug-likeness (QED) is 0.727. The Balaban J connectivity index is 3.31. The van der Waals surface area contributed by atoms with Gasteiger partial charge in [-0.15, -0.1) is 0 Å². The number of thiol groups is 1. The van der Waals surface area contributed by atoms with Gasteiger partial charge in [0.1, 0.15) is 0 Å². The third-order valence-corrected chi connectivity index (χ3v) is 2.05. The SMILES string of the molecule is C=Cc1cnc(OC)c(O)c1CS. The number of hydrogen-bond acceptors (Lipinski definition) is 4. The Morgan fingerprint density at radius 1 is 1.77 bits per heavy atom. The zero-order valence-electron chi connectivity index (χ0n) is 7.32. The first kappa shape index (κ1) is 9.92. The number of methoxy groups -OCH3 is 1. The molecule has 0 unspecified atom stereocenters. The van der Waals surface area contributed by atoms with Crippen molar-refractivity contribution in [1.82, 2.24) is 4.98 Å². The van der Waals surface area contributed by atoms with Crippen molar-refractivity contribution in [3.63, 3.8) is 0 Å². The Labute approximate surface area is 82.5 Å². The molecule has 0 aliphatic heterocycles. The van der Waals surface area contributed by atoms with Crippen LogP contribution in [0.5, 0.6) is 11.6 Å². The number of aromatic hydroxyl groups is 1. The second kappa shape index (κ2) is 4.18. The molecular weight excluding hydrogens is 186 g/mol. The molecule has 1 heterocycles. The number of hydrogen-bond donors (Lipinski definition) is 2. The summed E-state index contributed by atoms with van der Waals surface area (Å²) in [6, 6.07) is 0. The maximum Gasteiger partial charge on any atom is 0.256 e. The van der Waals surface area contributed by atoms with Gasteiger partial charge in [-0.25, -0.2) is 4.98 Å². The van der Waals surface area contributed by atoms with Crippen LogP contribution in [-0.4, -0.2) is 17.2 Å². The minimum Gasteiger partial charge on any atom is -0.503 e. The largest absolute Gasteiger partial charge is 0.503 e. The highest BCUT2D eigenvalue weighted by molar-refractivity contribution is 7.79. The first-order valence-electron chi connectivity index (χ1n) is 3.72. The highest BCUT2D eigenvalue weighted by Gasteiger charge is 2.10. The first-order valence-corrected chi connectivity index (χ1v) is 4.36. The molecule has 0 aliphatic rings. The number of ether oxygens (including phenoxy) is 1. The van der Waals surface area contributed by atoms with E-state index < -0.39 is 0 Å². The van der Waals surface area contributed by atoms with Crippen molar-refractivity contribution in [1.29, 1.82) is 0 Å². The van der Waals surface area contributed by atoms with E-state index in [0.717, 1.165) is 5.56 Å². The summed E-state index contributed by atoms with van der Waals surface area (Å²) in [6.07, 6.45) is 3.22. The summed E-state index contributed by atoms with van der Waals surface area (Å²) >= 11 is 4.10. The van der Waals surface area contributed by atoms with Crippen LogP contribution in [0.2, 0.25) is 0 Å². The Morgan fingerprint density at radius 2 is 2.46 bits per heavy atom. The fourth-order valence-electron chi connectivity index (χ4n) is 1.02. The van der Waals surface area contributed by atoms with E-state index in [9.17, 15) is 5.11 Å². The van der Waals surface area contributed by atoms with E-state index in [1.807, 2.05) is 0 Å². The lowest BCUT2D eigenvalue weighted by Gasteiger charge is -2.08. The molecule has 0 aliphatic carbocycles. The van der Waals surface area contributed by atoms with Crippen LogP contribution in [0.15, 0.2) is 12.8 Å². The topological polar surface area (TPSA) is 42.4 Å². The molecule has 0 fully saturated rings. The normalized spacial score (nSPS) is 9.69. The average molecular weight is 197 g/mol. The molecule has 4 heteroatoms. The van der Waals surface area contributed by atoms with Crippen LogP contribution in [-0.2, 0) is 5.75 Å². The third kappa shape index (κ3) is 1.78. The highest BCUT2D eigenvalue weighted by atomic mass is 32.1. The molecule has 0 saturated carbocycles. The third-order valence-electron chi connectivity index (χ3n) is 1.73. The predicted octanol–water partition coefficient (Wildman–Crippen LogP) is 1.87. The van der Waals surface area contributed by atoms with Crippen molar-refractivity contribution < 1.29 is 9.84 Å². The van der Waals surface area contributed by atoms with Crippen molar-refractivity contribution in [2.45, 2.75) is 5.75 Å². The van der Waals surface area contributed by atoms with Gasteiger partial charge < -0.3 is 9.84 Å². The van der Waals surface area contributed by atoms with Crippen LogP contribution >= 0.6 is 12.6 Å². The lowest BCUT2D eigenvalue weighted by Crippen LogP contribution is -1.94. The van der Waals surface area contributed by atoms with E-state index in [4.69, 9.17) is 4.74 Å². The van der Waals surface area contributed by atoms with E-state index in [-0.39, 0.29) is 11.6 Å². The van der Waals surface area contributed by atoms with Crippen LogP contribution in [0.3, 0.4) is 0 Å². The molecule has 1 aromatic heterocycles. The van der Waals surface area contributed by atoms with Gasteiger partial charge in [0.05, 0.1) is 7.11 Å². The van der Waals surface area contributed by atoms with Gasteiger partial charge in [-0.1, -0.05) is 12.7 Å². The van der Waals surface area contributed by atoms with Gasteiger partial charge in [-0.3, -0.25) is 0 Å². The van der Waals surface area contributed by atoms with Gasteiger partial charge in [-0.2, -0.15) is 12.6 Å². The van der Waals surface area contributed by atoms with Gasteiger partial charge in [-0.05, 0) is 0 Å². The minimum atomic E-state index is 0.0369. The molecular formula is C9H11NO2S. The van der Waals surface area contributed by atoms with E-state index in [0.29, 0.717) is 11.3 Å². The average Bonchev–Trinajstić information content (AvgIpc) is 2.17. The molecule has 70 valence electrons. The van der Waals surface area contributed by atoms with Crippen LogP contribution in [0.25, 0.3) is 6.08 Å². The molecule has 1 rings (SSSR count). The van der Waals surface area contributed by atoms with Crippen LogP contribution in [0, 0.1) is 0 Å². The monoisotopic (exact) mass is 197 g/mol. The maximum atomic E-state index is 9.62. The van der Waals surface area contributed by atoms with Gasteiger partial charge >= 0.3 is 0 Å². The van der Waals surface area contributed by atoms with Crippen molar-refractivity contribution in [2.24, 2.45) is 0 Å². The van der Waals surface area contributed by atoms with E-state index >= 15 is 0 Å². The lowest BCUT2D eigenvalue weighted by molar-refractivity contribution is 0.356. The maximum absolute atomic E-state index is 9.62. The van der Waals surface area contributed by atoms with Crippen LogP contribution in [0.4, 0.5) is 0 Å². The van der Waals surface area contributed by atoms with Crippen LogP contribution in [0.1, 0.15) is 11.1 Å². The van der Waals surface area contributed by atoms with Crippen molar-refractivity contribution in [2.75, 3.05) is 7.11 Å². The number of aromatic nitrogens is 1. The van der Waals surface area contributed by atoms with Crippen LogP contribution < -0.4 is 4.74 Å². The fraction of sp³-hybridized carbons (Fsp3) is 0.222. The summed E-state index contributed by atoms with van der Waals surface area (Å²) < 4.78 is 4.86. The van der Waals surface area contributed by atoms with E-state index in [1.165, 1.54) is 7.11 Å². The zero-order valence-corrected chi connectivity index (χ0v) is 8.21. The van der Waals surface area contributed by atoms with Gasteiger partial charge in [0.2, 0.25) is 0 Å². The van der Waals surface area contributed by atoms with Crippen molar-refractivity contribution >= 4 is 18.7 Å². The second-order valence-corrected chi connectivity index (χ2v) is 2.73. The smallest absolute Gasteiger partial charge is 0.256 e. The Kier molecular flexibility index (Phi) is 3.19. The van der Waals surface area contributed by atoms with Gasteiger partial charge in [0.25, 0.3) is 5.88 Å². The molecule has 1 aromatic rings. The van der Waals surface area contributed by atoms with Gasteiger partial charge in [0, 0.05) is 23.1 Å². The Hall–Kier alpha value is -1.16. The van der Waals surface area contributed by atoms with Gasteiger partial charge in [0.15, 0.2) is 5.75 Å². The van der Waals surface area contributed by atoms with Crippen molar-refractivity contribution in [3.05, 3.63) is 23.9 Å². The molecule has 13 heavy (non-hydrogen) atoms. The van der Waals surface area contributed by atoms with Crippen molar-refractivity contribution in [3.8, 4) is 11.6 Å². The number of rotatable bonds is 3. The lowest BCUT2D eigenvalue weighted by atomic mass is 10.1. The minimum absolute atomic E-state index is 0.0369.